The smallest absolute Gasteiger partial charge is 0.323 e. The summed E-state index contributed by atoms with van der Waals surface area (Å²) in [5.74, 6) is -10.8. The van der Waals surface area contributed by atoms with Gasteiger partial charge in [0.2, 0.25) is 39.1 Å². The Morgan fingerprint density at radius 3 is 1.75 bits per heavy atom. The number of H-pyrrole nitrogens is 1. The van der Waals surface area contributed by atoms with Crippen molar-refractivity contribution in [1.29, 1.82) is 0 Å². The third-order valence-electron chi connectivity index (χ3n) is 14.3. The van der Waals surface area contributed by atoms with Gasteiger partial charge in [-0.1, -0.05) is 12.6 Å². The molecule has 3 heterocycles. The second kappa shape index (κ2) is 37.6. The van der Waals surface area contributed by atoms with Crippen LogP contribution in [-0.2, 0) is 57.2 Å². The summed E-state index contributed by atoms with van der Waals surface area (Å²) < 4.78 is 96.5. The number of aliphatic carboxylic acids is 3. The molecule has 5 amide bonds. The van der Waals surface area contributed by atoms with E-state index in [-0.39, 0.29) is 167 Å². The molecule has 1 fully saturated rings. The van der Waals surface area contributed by atoms with Crippen molar-refractivity contribution in [2.45, 2.75) is 56.3 Å². The number of nitrogens with one attached hydrogen (secondary N) is 8. The summed E-state index contributed by atoms with van der Waals surface area (Å²) in [5, 5.41) is 53.9. The van der Waals surface area contributed by atoms with Gasteiger partial charge >= 0.3 is 17.9 Å². The molecule has 40 heteroatoms. The van der Waals surface area contributed by atoms with Crippen molar-refractivity contribution < 1.29 is 136 Å². The zero-order chi connectivity index (χ0) is 69.7. The number of aromatic amines is 1. The SMILES string of the molecule is C=C(O)CN1CCN(CC(=O)O)CCN(CC(=O)NC(CS(O)(O)O)C(=O)NC(CS(O)(O)O)C(=O)NCCNC(=O)CCCOc2cc(C)c(S(=O)(=O)NC(CNC(=O)c3cn(C)c4cc(CNc5ncc[nH]5)ccc4c3=O)C(=O)O)c(C)c2)CCN(CC(=O)O)CC1.[Lu]. The van der Waals surface area contributed by atoms with Gasteiger partial charge in [-0.15, -0.1) is 0 Å². The van der Waals surface area contributed by atoms with Crippen molar-refractivity contribution in [2.75, 3.05) is 122 Å². The van der Waals surface area contributed by atoms with Gasteiger partial charge in [-0.2, -0.15) is 4.72 Å². The summed E-state index contributed by atoms with van der Waals surface area (Å²) >= 11 is 0. The van der Waals surface area contributed by atoms with Crippen molar-refractivity contribution in [1.82, 2.24) is 65.4 Å². The molecule has 3 atom stereocenters. The average Bonchev–Trinajstić information content (AvgIpc) is 1.01. The first kappa shape index (κ1) is 80.6. The minimum Gasteiger partial charge on any atom is -0.512 e. The molecule has 18 N–H and O–H groups in total. The molecule has 1 aliphatic heterocycles. The monoisotopic (exact) mass is 1560 g/mol. The van der Waals surface area contributed by atoms with Gasteiger partial charge in [0.15, 0.2) is 5.95 Å². The van der Waals surface area contributed by atoms with E-state index in [0.717, 1.165) is 5.56 Å². The van der Waals surface area contributed by atoms with Crippen LogP contribution in [0.3, 0.4) is 0 Å². The number of nitrogens with zero attached hydrogens (tertiary/aromatic N) is 6. The molecule has 1 aliphatic rings. The number of pyridine rings is 1. The molecule has 1 saturated heterocycles. The Labute approximate surface area is 578 Å². The zero-order valence-electron chi connectivity index (χ0n) is 51.9. The largest absolute Gasteiger partial charge is 0.512 e. The third kappa shape index (κ3) is 28.1. The van der Waals surface area contributed by atoms with E-state index in [1.54, 1.807) is 56.9 Å². The number of fused-ring (bicyclic) bond motifs is 1. The van der Waals surface area contributed by atoms with Gasteiger partial charge in [-0.3, -0.25) is 62.8 Å². The normalized spacial score (nSPS) is 15.5. The number of hydrogen-bond donors (Lipinski definition) is 18. The van der Waals surface area contributed by atoms with E-state index in [2.05, 4.69) is 53.2 Å². The topological polar surface area (TPSA) is 530 Å². The standard InChI is InChI=1S/C55H82N14O22S3.Lu/c1-34-22-38(23-35(2)50(34)94(89,90)64-41(54(81)82)26-60-51(78)40-28-65(4)44-24-37(7-8-39(44)49(40)77)25-61-55-58-11-12-59-55)91-21-5-6-45(71)56-9-10-57-52(79)42(32-92(83,84)85)63-53(80)43(33-93(86,87)88)62-46(72)29-67-15-19-68(30-47(73)74)17-13-66(27-36(3)70)14-18-69(20-16-67)31-48(75)76;/h7-8,11-12,22-24,28,41-43,64,70,83-88H,3,5-6,9-10,13-21,25-27,29-33H2,1-2,4H3,(H,56,71)(H,57,79)(H,60,78)(H,62,72)(H,63,80)(H,73,74)(H,75,76)(H,81,82)(H2,58,59,61);. The molecule has 95 heavy (non-hydrogen) atoms. The van der Waals surface area contributed by atoms with E-state index in [1.807, 2.05) is 0 Å². The Balaban J connectivity index is 0.0000192. The molecule has 4 aromatic rings. The number of ether oxygens (including phenoxy) is 1. The second-order valence-corrected chi connectivity index (χ2v) is 26.9. The molecule has 0 spiro atoms. The fourth-order valence-corrected chi connectivity index (χ4v) is 12.9. The van der Waals surface area contributed by atoms with Crippen molar-refractivity contribution >= 4 is 96.1 Å². The number of carbonyl (C=O) groups excluding carboxylic acids is 5. The van der Waals surface area contributed by atoms with Gasteiger partial charge in [0.1, 0.15) is 29.4 Å². The minimum absolute atomic E-state index is 0. The van der Waals surface area contributed by atoms with E-state index in [1.165, 1.54) is 37.1 Å². The number of aryl methyl sites for hydroxylation is 3. The molecule has 0 bridgehead atoms. The maximum atomic E-state index is 13.7. The third-order valence-corrected chi connectivity index (χ3v) is 17.6. The van der Waals surface area contributed by atoms with Crippen LogP contribution in [0.25, 0.3) is 10.9 Å². The molecule has 5 rings (SSSR count). The van der Waals surface area contributed by atoms with Gasteiger partial charge in [-0.25, -0.2) is 13.4 Å². The summed E-state index contributed by atoms with van der Waals surface area (Å²) in [6.07, 6.45) is 4.50. The van der Waals surface area contributed by atoms with Crippen LogP contribution in [0.5, 0.6) is 5.75 Å². The number of amides is 5. The van der Waals surface area contributed by atoms with E-state index < -0.39 is 140 Å². The summed E-state index contributed by atoms with van der Waals surface area (Å²) in [4.78, 5) is 129. The number of carbonyl (C=O) groups is 8. The van der Waals surface area contributed by atoms with E-state index >= 15 is 0 Å². The molecule has 3 unspecified atom stereocenters. The Morgan fingerprint density at radius 1 is 0.695 bits per heavy atom. The number of aliphatic hydroxyl groups is 1. The fraction of sp³-hybridized carbons (Fsp3) is 0.491. The van der Waals surface area contributed by atoms with Crippen molar-refractivity contribution in [3.05, 3.63) is 93.7 Å². The summed E-state index contributed by atoms with van der Waals surface area (Å²) in [7, 11) is -12.1. The number of aromatic nitrogens is 3. The number of anilines is 1. The minimum atomic E-state index is -4.58. The van der Waals surface area contributed by atoms with Crippen molar-refractivity contribution in [3.8, 4) is 5.75 Å². The Kier molecular flexibility index (Phi) is 32.0. The van der Waals surface area contributed by atoms with E-state index in [0.29, 0.717) is 18.0 Å². The van der Waals surface area contributed by atoms with Crippen LogP contribution in [0.2, 0.25) is 0 Å². The molecule has 1 radical (unpaired) electrons. The molecular formula is C55H82LuN14O22S3. The van der Waals surface area contributed by atoms with Crippen LogP contribution in [0.4, 0.5) is 5.95 Å². The van der Waals surface area contributed by atoms with Crippen molar-refractivity contribution in [2.24, 2.45) is 7.05 Å². The molecule has 2 aromatic carbocycles. The number of hydrogen-bond acceptors (Lipinski definition) is 25. The number of aliphatic hydroxyl groups excluding tert-OH is 1. The Morgan fingerprint density at radius 2 is 1.23 bits per heavy atom. The van der Waals surface area contributed by atoms with Gasteiger partial charge in [0.05, 0.1) is 82.2 Å². The predicted octanol–water partition coefficient (Wildman–Crippen LogP) is -1.08. The number of benzene rings is 2. The van der Waals surface area contributed by atoms with Crippen molar-refractivity contribution in [3.63, 3.8) is 0 Å². The number of sulfonamides is 1. The van der Waals surface area contributed by atoms with E-state index in [9.17, 15) is 99.3 Å². The average molecular weight is 1560 g/mol. The van der Waals surface area contributed by atoms with Crippen LogP contribution in [-0.4, -0.2) is 272 Å². The number of carboxylic acids is 3. The first-order valence-electron chi connectivity index (χ1n) is 29.0. The van der Waals surface area contributed by atoms with Crippen LogP contribution in [0, 0.1) is 50.7 Å². The maximum Gasteiger partial charge on any atom is 0.323 e. The number of imidazole rings is 1. The zero-order valence-corrected chi connectivity index (χ0v) is 56.1. The molecule has 537 valence electrons. The fourth-order valence-electron chi connectivity index (χ4n) is 9.88. The van der Waals surface area contributed by atoms with Gasteiger partial charge in [-0.05, 0) is 61.2 Å². The number of carboxylic acid groups (broad SMARTS) is 3. The summed E-state index contributed by atoms with van der Waals surface area (Å²) in [6.45, 7) is 4.95. The van der Waals surface area contributed by atoms with Crippen LogP contribution in [0.1, 0.15) is 39.9 Å². The molecular weight excluding hydrogens is 1480 g/mol. The number of rotatable bonds is 34. The summed E-state index contributed by atoms with van der Waals surface area (Å²) in [6, 6.07) is 1.85. The van der Waals surface area contributed by atoms with Gasteiger partial charge in [0, 0.05) is 153 Å². The maximum absolute atomic E-state index is 13.7. The predicted molar refractivity (Wildman–Crippen MR) is 343 cm³/mol. The quantitative estimate of drug-likeness (QED) is 0.0195. The first-order valence-corrected chi connectivity index (χ1v) is 33.8. The van der Waals surface area contributed by atoms with Crippen LogP contribution >= 0.6 is 21.7 Å². The van der Waals surface area contributed by atoms with Gasteiger partial charge in [0.25, 0.3) is 5.91 Å². The first-order chi connectivity index (χ1) is 44.1. The molecule has 36 nitrogen and oxygen atoms in total. The second-order valence-electron chi connectivity index (χ2n) is 22.1. The molecule has 0 aliphatic carbocycles. The molecule has 0 saturated carbocycles. The molecule has 2 aromatic heterocycles. The Bertz CT molecular complexity index is 3470. The van der Waals surface area contributed by atoms with Crippen LogP contribution in [0.15, 0.2) is 71.0 Å². The van der Waals surface area contributed by atoms with Crippen LogP contribution < -0.4 is 46.8 Å². The van der Waals surface area contributed by atoms with Gasteiger partial charge < -0.3 is 93.9 Å². The Hall–Kier alpha value is -6.80. The summed E-state index contributed by atoms with van der Waals surface area (Å²) in [5.41, 5.74) is 0.662. The van der Waals surface area contributed by atoms with E-state index in [4.69, 9.17) is 4.74 Å².